The maximum absolute atomic E-state index is 12.6. The van der Waals surface area contributed by atoms with Crippen LogP contribution in [-0.4, -0.2) is 43.8 Å². The maximum Gasteiger partial charge on any atom is 0.269 e. The van der Waals surface area contributed by atoms with Gasteiger partial charge < -0.3 is 21.8 Å². The first-order valence-electron chi connectivity index (χ1n) is 10.7. The van der Waals surface area contributed by atoms with Crippen molar-refractivity contribution in [2.24, 2.45) is 5.73 Å². The molecule has 3 amide bonds. The van der Waals surface area contributed by atoms with E-state index < -0.39 is 11.9 Å². The number of hydrogen-bond donors (Lipinski definition) is 3. The minimum absolute atomic E-state index is 0.0222. The first-order chi connectivity index (χ1) is 16.3. The van der Waals surface area contributed by atoms with Gasteiger partial charge in [-0.25, -0.2) is 14.6 Å². The van der Waals surface area contributed by atoms with Gasteiger partial charge in [0.25, 0.3) is 11.8 Å². The van der Waals surface area contributed by atoms with Gasteiger partial charge in [-0.1, -0.05) is 24.8 Å². The normalized spacial score (nSPS) is 15.2. The molecule has 3 aromatic rings. The zero-order chi connectivity index (χ0) is 24.4. The summed E-state index contributed by atoms with van der Waals surface area (Å²) in [7, 11) is 0. The molecule has 0 unspecified atom stereocenters. The molecule has 1 aliphatic rings. The van der Waals surface area contributed by atoms with E-state index in [1.165, 1.54) is 6.08 Å². The predicted molar refractivity (Wildman–Crippen MR) is 127 cm³/mol. The van der Waals surface area contributed by atoms with Crippen molar-refractivity contribution in [2.45, 2.75) is 25.8 Å². The zero-order valence-electron chi connectivity index (χ0n) is 18.7. The summed E-state index contributed by atoms with van der Waals surface area (Å²) in [4.78, 5) is 47.4. The average molecular weight is 460 g/mol. The number of benzene rings is 1. The summed E-state index contributed by atoms with van der Waals surface area (Å²) < 4.78 is 1.15. The Hall–Kier alpha value is -4.47. The minimum Gasteiger partial charge on any atom is -0.364 e. The Labute approximate surface area is 196 Å². The second kappa shape index (κ2) is 9.18. The smallest absolute Gasteiger partial charge is 0.269 e. The van der Waals surface area contributed by atoms with E-state index in [1.54, 1.807) is 41.4 Å². The van der Waals surface area contributed by atoms with E-state index in [9.17, 15) is 14.4 Å². The molecule has 174 valence electrons. The number of nitrogens with one attached hydrogen (secondary N) is 1. The number of rotatable bonds is 6. The fourth-order valence-corrected chi connectivity index (χ4v) is 4.05. The zero-order valence-corrected chi connectivity index (χ0v) is 18.7. The van der Waals surface area contributed by atoms with Gasteiger partial charge in [-0.05, 0) is 49.6 Å². The highest BCUT2D eigenvalue weighted by Gasteiger charge is 2.34. The molecule has 0 bridgehead atoms. The molecule has 10 heteroatoms. The van der Waals surface area contributed by atoms with Gasteiger partial charge in [-0.15, -0.1) is 0 Å². The largest absolute Gasteiger partial charge is 0.364 e. The highest BCUT2D eigenvalue weighted by molar-refractivity contribution is 6.04. The Balaban J connectivity index is 1.63. The van der Waals surface area contributed by atoms with Crippen LogP contribution in [0.5, 0.6) is 0 Å². The molecule has 0 aliphatic carbocycles. The lowest BCUT2D eigenvalue weighted by atomic mass is 10.1. The number of primary amides is 1. The molecule has 10 nitrogen and oxygen atoms in total. The summed E-state index contributed by atoms with van der Waals surface area (Å²) >= 11 is 0. The molecule has 4 rings (SSSR count). The van der Waals surface area contributed by atoms with Crippen LogP contribution in [0.15, 0.2) is 55.3 Å². The third-order valence-electron chi connectivity index (χ3n) is 5.75. The van der Waals surface area contributed by atoms with Crippen molar-refractivity contribution >= 4 is 23.5 Å². The Morgan fingerprint density at radius 1 is 1.18 bits per heavy atom. The van der Waals surface area contributed by atoms with E-state index in [0.29, 0.717) is 35.7 Å². The van der Waals surface area contributed by atoms with Crippen LogP contribution >= 0.6 is 0 Å². The van der Waals surface area contributed by atoms with Crippen LogP contribution in [0.4, 0.5) is 5.82 Å². The number of hydrogen-bond acceptors (Lipinski definition) is 6. The second-order valence-electron chi connectivity index (χ2n) is 8.05. The highest BCUT2D eigenvalue weighted by Crippen LogP contribution is 2.34. The molecule has 5 N–H and O–H groups in total. The van der Waals surface area contributed by atoms with Crippen LogP contribution in [0, 0.1) is 6.92 Å². The number of imidazole rings is 1. The lowest BCUT2D eigenvalue weighted by Crippen LogP contribution is -2.32. The van der Waals surface area contributed by atoms with Gasteiger partial charge in [0.05, 0.1) is 6.04 Å². The van der Waals surface area contributed by atoms with Crippen molar-refractivity contribution in [2.75, 3.05) is 17.7 Å². The molecule has 0 spiro atoms. The number of aryl methyl sites for hydroxylation is 1. The van der Waals surface area contributed by atoms with Gasteiger partial charge in [0.2, 0.25) is 5.91 Å². The number of amides is 3. The molecule has 3 heterocycles. The van der Waals surface area contributed by atoms with Gasteiger partial charge in [-0.3, -0.25) is 14.4 Å². The van der Waals surface area contributed by atoms with Gasteiger partial charge in [0.15, 0.2) is 11.5 Å². The molecule has 1 atom stereocenters. The molecule has 0 radical (unpaired) electrons. The lowest BCUT2D eigenvalue weighted by Gasteiger charge is -2.22. The summed E-state index contributed by atoms with van der Waals surface area (Å²) in [6.07, 6.45) is 4.34. The monoisotopic (exact) mass is 459 g/mol. The maximum atomic E-state index is 12.6. The van der Waals surface area contributed by atoms with E-state index in [2.05, 4.69) is 21.9 Å². The Morgan fingerprint density at radius 3 is 2.53 bits per heavy atom. The average Bonchev–Trinajstić information content (AvgIpc) is 3.44. The number of carbonyl (C=O) groups excluding carboxylic acids is 3. The fraction of sp³-hybridized carbons (Fsp3) is 0.208. The first-order valence-corrected chi connectivity index (χ1v) is 10.7. The predicted octanol–water partition coefficient (Wildman–Crippen LogP) is 2.17. The molecule has 2 aromatic heterocycles. The molecular formula is C24H25N7O3. The Kier molecular flexibility index (Phi) is 6.13. The van der Waals surface area contributed by atoms with E-state index >= 15 is 0 Å². The number of aromatic nitrogens is 3. The van der Waals surface area contributed by atoms with Crippen molar-refractivity contribution < 1.29 is 14.4 Å². The van der Waals surface area contributed by atoms with E-state index in [-0.39, 0.29) is 23.2 Å². The van der Waals surface area contributed by atoms with Gasteiger partial charge in [-0.2, -0.15) is 0 Å². The van der Waals surface area contributed by atoms with E-state index in [0.717, 1.165) is 16.7 Å². The van der Waals surface area contributed by atoms with Crippen LogP contribution in [0.2, 0.25) is 0 Å². The molecule has 1 fully saturated rings. The van der Waals surface area contributed by atoms with Crippen molar-refractivity contribution in [1.29, 1.82) is 0 Å². The van der Waals surface area contributed by atoms with E-state index in [4.69, 9.17) is 11.6 Å². The van der Waals surface area contributed by atoms with Crippen molar-refractivity contribution in [3.8, 4) is 11.3 Å². The Morgan fingerprint density at radius 2 is 1.91 bits per heavy atom. The summed E-state index contributed by atoms with van der Waals surface area (Å²) in [5.41, 5.74) is 7.87. The van der Waals surface area contributed by atoms with Crippen LogP contribution in [-0.2, 0) is 4.79 Å². The van der Waals surface area contributed by atoms with Crippen molar-refractivity contribution in [1.82, 2.24) is 19.5 Å². The second-order valence-corrected chi connectivity index (χ2v) is 8.05. The van der Waals surface area contributed by atoms with Crippen LogP contribution in [0.1, 0.15) is 51.1 Å². The number of anilines is 1. The summed E-state index contributed by atoms with van der Waals surface area (Å²) in [5, 5.41) is 2.74. The molecule has 1 saturated heterocycles. The van der Waals surface area contributed by atoms with Gasteiger partial charge in [0, 0.05) is 23.9 Å². The minimum atomic E-state index is -0.747. The van der Waals surface area contributed by atoms with Gasteiger partial charge in [0.1, 0.15) is 11.5 Å². The topological polar surface area (TPSA) is 149 Å². The Bertz CT molecular complexity index is 1260. The van der Waals surface area contributed by atoms with Crippen LogP contribution in [0.25, 0.3) is 11.3 Å². The molecule has 34 heavy (non-hydrogen) atoms. The summed E-state index contributed by atoms with van der Waals surface area (Å²) in [6.45, 7) is 6.00. The first kappa shape index (κ1) is 22.7. The summed E-state index contributed by atoms with van der Waals surface area (Å²) in [6, 6.07) is 9.73. The van der Waals surface area contributed by atoms with Gasteiger partial charge >= 0.3 is 0 Å². The molecular weight excluding hydrogens is 434 g/mol. The van der Waals surface area contributed by atoms with Crippen molar-refractivity contribution in [3.63, 3.8) is 0 Å². The lowest BCUT2D eigenvalue weighted by molar-refractivity contribution is -0.127. The molecule has 1 aromatic carbocycles. The standard InChI is InChI=1S/C24H25N7O3/c1-3-19(32)30-12-4-5-17(30)23-29-20(21(22(25)33)31(23)26)15-7-9-16(10-8-15)24(34)28-18-11-6-14(2)13-27-18/h3,6-11,13,17H,1,4-5,12,26H2,2H3,(H2,25,33)(H,27,28,34)/t17-/m0/s1. The highest BCUT2D eigenvalue weighted by atomic mass is 16.2. The number of nitrogens with two attached hydrogens (primary N) is 2. The number of pyridine rings is 1. The summed E-state index contributed by atoms with van der Waals surface area (Å²) in [5.74, 6) is 5.72. The SMILES string of the molecule is C=CC(=O)N1CCC[C@H]1c1nc(-c2ccc(C(=O)Nc3ccc(C)cn3)cc2)c(C(N)=O)n1N. The molecule has 1 aliphatic heterocycles. The molecule has 0 saturated carbocycles. The fourth-order valence-electron chi connectivity index (χ4n) is 4.05. The number of carbonyl (C=O) groups is 3. The number of likely N-dealkylation sites (tertiary alicyclic amines) is 1. The van der Waals surface area contributed by atoms with Crippen LogP contribution < -0.4 is 16.9 Å². The van der Waals surface area contributed by atoms with E-state index in [1.807, 2.05) is 13.0 Å². The van der Waals surface area contributed by atoms with Crippen LogP contribution in [0.3, 0.4) is 0 Å². The number of nitrogens with zero attached hydrogens (tertiary/aromatic N) is 4. The third kappa shape index (κ3) is 4.25. The third-order valence-corrected chi connectivity index (χ3v) is 5.75. The number of nitrogen functional groups attached to an aromatic ring is 1. The quantitative estimate of drug-likeness (QED) is 0.380. The van der Waals surface area contributed by atoms with Crippen molar-refractivity contribution in [3.05, 3.63) is 77.9 Å².